The summed E-state index contributed by atoms with van der Waals surface area (Å²) in [5, 5.41) is 15.6. The highest BCUT2D eigenvalue weighted by atomic mass is 32.1. The quantitative estimate of drug-likeness (QED) is 0.880. The van der Waals surface area contributed by atoms with E-state index in [-0.39, 0.29) is 12.3 Å². The molecule has 0 spiro atoms. The highest BCUT2D eigenvalue weighted by Gasteiger charge is 2.19. The van der Waals surface area contributed by atoms with Crippen molar-refractivity contribution in [2.45, 2.75) is 32.6 Å². The van der Waals surface area contributed by atoms with Crippen LogP contribution in [0.4, 0.5) is 5.69 Å². The molecule has 0 saturated carbocycles. The molecule has 0 aliphatic rings. The molecule has 1 heterocycles. The van der Waals surface area contributed by atoms with Gasteiger partial charge in [-0.15, -0.1) is 11.3 Å². The van der Waals surface area contributed by atoms with Crippen LogP contribution in [0.25, 0.3) is 0 Å². The number of carboxylic acids is 1. The van der Waals surface area contributed by atoms with Crippen LogP contribution in [-0.4, -0.2) is 16.9 Å². The zero-order valence-electron chi connectivity index (χ0n) is 12.5. The molecular formula is C16H17N2O3S-. The van der Waals surface area contributed by atoms with Gasteiger partial charge in [0.15, 0.2) is 0 Å². The van der Waals surface area contributed by atoms with Gasteiger partial charge in [0.05, 0.1) is 11.6 Å². The third-order valence-electron chi connectivity index (χ3n) is 3.29. The fourth-order valence-corrected chi connectivity index (χ4v) is 2.81. The fourth-order valence-electron chi connectivity index (χ4n) is 1.94. The standard InChI is InChI=1S/C16H18N2O3S/c1-3-11-4-6-12(7-5-11)17-15(21)10(2)16-18-13(9-22-16)8-14(19)20/h4-7,9-10H,3,8H2,1-2H3,(H,17,21)(H,19,20)/p-1/t10-/m1/s1. The average molecular weight is 317 g/mol. The van der Waals surface area contributed by atoms with Gasteiger partial charge in [-0.05, 0) is 31.0 Å². The first-order chi connectivity index (χ1) is 10.5. The van der Waals surface area contributed by atoms with Crippen molar-refractivity contribution in [2.24, 2.45) is 0 Å². The number of hydrogen-bond donors (Lipinski definition) is 1. The van der Waals surface area contributed by atoms with Crippen molar-refractivity contribution in [3.63, 3.8) is 0 Å². The van der Waals surface area contributed by atoms with E-state index in [1.165, 1.54) is 16.9 Å². The number of amides is 1. The summed E-state index contributed by atoms with van der Waals surface area (Å²) in [5.41, 5.74) is 2.37. The Balaban J connectivity index is 2.01. The molecule has 1 atom stereocenters. The fraction of sp³-hybridized carbons (Fsp3) is 0.312. The highest BCUT2D eigenvalue weighted by molar-refractivity contribution is 7.09. The highest BCUT2D eigenvalue weighted by Crippen LogP contribution is 2.22. The first kappa shape index (κ1) is 16.2. The van der Waals surface area contributed by atoms with E-state index in [1.54, 1.807) is 12.3 Å². The number of thiazole rings is 1. The number of nitrogens with one attached hydrogen (secondary N) is 1. The Bertz CT molecular complexity index is 664. The van der Waals surface area contributed by atoms with E-state index >= 15 is 0 Å². The second kappa shape index (κ2) is 7.17. The largest absolute Gasteiger partial charge is 0.550 e. The Kier molecular flexibility index (Phi) is 5.27. The Morgan fingerprint density at radius 2 is 2.00 bits per heavy atom. The molecule has 2 aromatic rings. The first-order valence-electron chi connectivity index (χ1n) is 7.03. The molecule has 0 fully saturated rings. The van der Waals surface area contributed by atoms with E-state index in [0.717, 1.165) is 12.1 Å². The number of carbonyl (C=O) groups excluding carboxylic acids is 2. The number of aliphatic carboxylic acids is 1. The van der Waals surface area contributed by atoms with Gasteiger partial charge in [0.1, 0.15) is 5.01 Å². The van der Waals surface area contributed by atoms with E-state index in [4.69, 9.17) is 0 Å². The maximum absolute atomic E-state index is 12.2. The smallest absolute Gasteiger partial charge is 0.234 e. The molecule has 1 aromatic heterocycles. The minimum atomic E-state index is -1.18. The van der Waals surface area contributed by atoms with Gasteiger partial charge >= 0.3 is 0 Å². The van der Waals surface area contributed by atoms with Crippen LogP contribution in [0.2, 0.25) is 0 Å². The summed E-state index contributed by atoms with van der Waals surface area (Å²) in [4.78, 5) is 27.0. The van der Waals surface area contributed by atoms with Gasteiger partial charge in [0.25, 0.3) is 0 Å². The second-order valence-electron chi connectivity index (χ2n) is 4.99. The number of anilines is 1. The van der Waals surface area contributed by atoms with Gasteiger partial charge in [-0.1, -0.05) is 19.1 Å². The van der Waals surface area contributed by atoms with E-state index in [0.29, 0.717) is 10.7 Å². The lowest BCUT2D eigenvalue weighted by atomic mass is 10.1. The molecular weight excluding hydrogens is 300 g/mol. The predicted molar refractivity (Wildman–Crippen MR) is 83.7 cm³/mol. The lowest BCUT2D eigenvalue weighted by Gasteiger charge is -2.10. The summed E-state index contributed by atoms with van der Waals surface area (Å²) in [6.45, 7) is 3.82. The number of hydrogen-bond acceptors (Lipinski definition) is 5. The second-order valence-corrected chi connectivity index (χ2v) is 5.88. The average Bonchev–Trinajstić information content (AvgIpc) is 2.94. The molecule has 1 aromatic carbocycles. The number of benzene rings is 1. The Morgan fingerprint density at radius 1 is 1.32 bits per heavy atom. The van der Waals surface area contributed by atoms with Gasteiger partial charge < -0.3 is 15.2 Å². The lowest BCUT2D eigenvalue weighted by Crippen LogP contribution is -2.24. The molecule has 0 aliphatic heterocycles. The van der Waals surface area contributed by atoms with Crippen LogP contribution in [0.3, 0.4) is 0 Å². The minimum absolute atomic E-state index is 0.168. The SMILES string of the molecule is CCc1ccc(NC(=O)[C@@H](C)c2nc(CC(=O)[O-])cs2)cc1. The van der Waals surface area contributed by atoms with E-state index < -0.39 is 11.9 Å². The summed E-state index contributed by atoms with van der Waals surface area (Å²) in [5.74, 6) is -1.78. The van der Waals surface area contributed by atoms with Gasteiger partial charge in [0, 0.05) is 23.5 Å². The first-order valence-corrected chi connectivity index (χ1v) is 7.91. The van der Waals surface area contributed by atoms with Gasteiger partial charge in [-0.3, -0.25) is 4.79 Å². The van der Waals surface area contributed by atoms with Crippen molar-refractivity contribution in [3.05, 3.63) is 45.9 Å². The minimum Gasteiger partial charge on any atom is -0.550 e. The number of carboxylic acid groups (broad SMARTS) is 1. The Morgan fingerprint density at radius 3 is 2.59 bits per heavy atom. The molecule has 1 amide bonds. The molecule has 2 rings (SSSR count). The van der Waals surface area contributed by atoms with Crippen molar-refractivity contribution in [1.82, 2.24) is 4.98 Å². The maximum atomic E-state index is 12.2. The van der Waals surface area contributed by atoms with Crippen LogP contribution in [0.1, 0.15) is 36.0 Å². The third-order valence-corrected chi connectivity index (χ3v) is 4.36. The lowest BCUT2D eigenvalue weighted by molar-refractivity contribution is -0.304. The number of rotatable bonds is 6. The van der Waals surface area contributed by atoms with Gasteiger partial charge in [0.2, 0.25) is 5.91 Å². The van der Waals surface area contributed by atoms with Crippen LogP contribution in [-0.2, 0) is 22.4 Å². The molecule has 0 saturated heterocycles. The molecule has 5 nitrogen and oxygen atoms in total. The van der Waals surface area contributed by atoms with E-state index in [9.17, 15) is 14.7 Å². The van der Waals surface area contributed by atoms with Crippen LogP contribution < -0.4 is 10.4 Å². The zero-order chi connectivity index (χ0) is 16.1. The van der Waals surface area contributed by atoms with Gasteiger partial charge in [-0.2, -0.15) is 0 Å². The summed E-state index contributed by atoms with van der Waals surface area (Å²) in [7, 11) is 0. The van der Waals surface area contributed by atoms with Crippen LogP contribution in [0.15, 0.2) is 29.6 Å². The zero-order valence-corrected chi connectivity index (χ0v) is 13.3. The molecule has 6 heteroatoms. The van der Waals surface area contributed by atoms with Crippen molar-refractivity contribution >= 4 is 28.9 Å². The molecule has 0 aliphatic carbocycles. The third kappa shape index (κ3) is 4.14. The summed E-state index contributed by atoms with van der Waals surface area (Å²) >= 11 is 1.28. The van der Waals surface area contributed by atoms with Crippen LogP contribution in [0, 0.1) is 0 Å². The van der Waals surface area contributed by atoms with Crippen molar-refractivity contribution in [3.8, 4) is 0 Å². The van der Waals surface area contributed by atoms with Crippen LogP contribution in [0.5, 0.6) is 0 Å². The molecule has 0 radical (unpaired) electrons. The summed E-state index contributed by atoms with van der Waals surface area (Å²) in [6, 6.07) is 7.68. The number of aryl methyl sites for hydroxylation is 1. The predicted octanol–water partition coefficient (Wildman–Crippen LogP) is 1.74. The summed E-state index contributed by atoms with van der Waals surface area (Å²) in [6.07, 6.45) is 0.717. The normalized spacial score (nSPS) is 11.9. The molecule has 0 unspecified atom stereocenters. The molecule has 22 heavy (non-hydrogen) atoms. The molecule has 0 bridgehead atoms. The van der Waals surface area contributed by atoms with Crippen molar-refractivity contribution < 1.29 is 14.7 Å². The molecule has 116 valence electrons. The monoisotopic (exact) mass is 317 g/mol. The van der Waals surface area contributed by atoms with Crippen molar-refractivity contribution in [2.75, 3.05) is 5.32 Å². The topological polar surface area (TPSA) is 82.1 Å². The summed E-state index contributed by atoms with van der Waals surface area (Å²) < 4.78 is 0. The van der Waals surface area contributed by atoms with Gasteiger partial charge in [-0.25, -0.2) is 4.98 Å². The maximum Gasteiger partial charge on any atom is 0.234 e. The number of aromatic nitrogens is 1. The van der Waals surface area contributed by atoms with E-state index in [2.05, 4.69) is 17.2 Å². The van der Waals surface area contributed by atoms with Crippen molar-refractivity contribution in [1.29, 1.82) is 0 Å². The molecule has 1 N–H and O–H groups in total. The Labute approximate surface area is 133 Å². The Hall–Kier alpha value is -2.21. The van der Waals surface area contributed by atoms with Crippen LogP contribution >= 0.6 is 11.3 Å². The van der Waals surface area contributed by atoms with E-state index in [1.807, 2.05) is 24.3 Å². The number of carbonyl (C=O) groups is 2. The number of nitrogens with zero attached hydrogens (tertiary/aromatic N) is 1.